The maximum atomic E-state index is 12.7. The van der Waals surface area contributed by atoms with Gasteiger partial charge in [0.25, 0.3) is 0 Å². The molecule has 0 atom stereocenters. The molecule has 1 aromatic rings. The van der Waals surface area contributed by atoms with Crippen molar-refractivity contribution in [2.45, 2.75) is 51.8 Å². The van der Waals surface area contributed by atoms with Gasteiger partial charge >= 0.3 is 6.03 Å². The molecule has 0 bridgehead atoms. The van der Waals surface area contributed by atoms with Crippen molar-refractivity contribution in [3.05, 3.63) is 29.8 Å². The van der Waals surface area contributed by atoms with Crippen LogP contribution < -0.4 is 5.32 Å². The lowest BCUT2D eigenvalue weighted by atomic mass is 10.0. The topological polar surface area (TPSA) is 61.9 Å². The van der Waals surface area contributed by atoms with Crippen molar-refractivity contribution in [3.8, 4) is 0 Å². The number of nitrogens with zero attached hydrogens (tertiary/aromatic N) is 2. The van der Waals surface area contributed by atoms with Crippen LogP contribution in [0.5, 0.6) is 0 Å². The number of urea groups is 1. The highest BCUT2D eigenvalue weighted by Gasteiger charge is 2.35. The number of benzene rings is 1. The highest BCUT2D eigenvalue weighted by atomic mass is 16.5. The van der Waals surface area contributed by atoms with Crippen LogP contribution in [0, 0.1) is 0 Å². The van der Waals surface area contributed by atoms with Gasteiger partial charge in [0.15, 0.2) is 5.78 Å². The molecule has 2 aliphatic rings. The number of ether oxygens (including phenoxy) is 1. The van der Waals surface area contributed by atoms with Crippen molar-refractivity contribution in [2.24, 2.45) is 0 Å². The fourth-order valence-electron chi connectivity index (χ4n) is 3.82. The maximum absolute atomic E-state index is 12.7. The van der Waals surface area contributed by atoms with Gasteiger partial charge in [0, 0.05) is 31.4 Å². The highest BCUT2D eigenvalue weighted by Crippen LogP contribution is 2.27. The lowest BCUT2D eigenvalue weighted by Crippen LogP contribution is -2.55. The molecule has 1 fully saturated rings. The molecule has 1 N–H and O–H groups in total. The fraction of sp³-hybridized carbons (Fsp3) is 0.600. The minimum absolute atomic E-state index is 0.000454. The molecule has 1 saturated heterocycles. The van der Waals surface area contributed by atoms with Crippen molar-refractivity contribution >= 4 is 17.5 Å². The summed E-state index contributed by atoms with van der Waals surface area (Å²) in [5, 5.41) is 3.06. The number of rotatable bonds is 5. The minimum atomic E-state index is -0.464. The molecule has 26 heavy (non-hydrogen) atoms. The van der Waals surface area contributed by atoms with Crippen LogP contribution in [-0.4, -0.2) is 59.6 Å². The van der Waals surface area contributed by atoms with Crippen molar-refractivity contribution in [1.29, 1.82) is 0 Å². The minimum Gasteiger partial charge on any atom is -0.353 e. The molecule has 0 saturated carbocycles. The van der Waals surface area contributed by atoms with E-state index in [1.165, 1.54) is 12.5 Å². The van der Waals surface area contributed by atoms with Crippen LogP contribution in [0.1, 0.15) is 39.2 Å². The Labute approximate surface area is 155 Å². The summed E-state index contributed by atoms with van der Waals surface area (Å²) in [5.41, 5.74) is 1.66. The van der Waals surface area contributed by atoms with E-state index < -0.39 is 5.72 Å². The first kappa shape index (κ1) is 18.9. The summed E-state index contributed by atoms with van der Waals surface area (Å²) < 4.78 is 5.78. The zero-order valence-electron chi connectivity index (χ0n) is 16.0. The van der Waals surface area contributed by atoms with E-state index in [1.807, 2.05) is 36.9 Å². The summed E-state index contributed by atoms with van der Waals surface area (Å²) in [7, 11) is 0. The molecule has 0 aromatic heterocycles. The second-order valence-electron chi connectivity index (χ2n) is 7.69. The lowest BCUT2D eigenvalue weighted by molar-refractivity contribution is -0.154. The summed E-state index contributed by atoms with van der Waals surface area (Å²) in [6.45, 7) is 8.14. The summed E-state index contributed by atoms with van der Waals surface area (Å²) in [6, 6.07) is 8.26. The van der Waals surface area contributed by atoms with Gasteiger partial charge in [-0.3, -0.25) is 9.69 Å². The first-order chi connectivity index (χ1) is 12.4. The predicted octanol–water partition coefficient (Wildman–Crippen LogP) is 2.88. The highest BCUT2D eigenvalue weighted by molar-refractivity contribution is 5.91. The van der Waals surface area contributed by atoms with Gasteiger partial charge < -0.3 is 15.0 Å². The molecule has 3 rings (SSSR count). The standard InChI is InChI=1S/C20H29N3O3/c1-15(24)14-26-20(2,3)22-11-9-17(10-12-22)23-13-8-16-6-4-5-7-18(16)21-19(23)25/h4-7,17H,8-14H2,1-3H3,(H,21,25). The van der Waals surface area contributed by atoms with E-state index in [-0.39, 0.29) is 24.5 Å². The molecule has 1 aromatic carbocycles. The largest absolute Gasteiger partial charge is 0.353 e. The van der Waals surface area contributed by atoms with E-state index in [0.717, 1.165) is 44.6 Å². The summed E-state index contributed by atoms with van der Waals surface area (Å²) in [6.07, 6.45) is 2.70. The third-order valence-electron chi connectivity index (χ3n) is 5.44. The van der Waals surface area contributed by atoms with Crippen LogP contribution >= 0.6 is 0 Å². The Morgan fingerprint density at radius 1 is 1.23 bits per heavy atom. The summed E-state index contributed by atoms with van der Waals surface area (Å²) >= 11 is 0. The van der Waals surface area contributed by atoms with Crippen LogP contribution in [0.2, 0.25) is 0 Å². The van der Waals surface area contributed by atoms with Crippen molar-refractivity contribution in [3.63, 3.8) is 0 Å². The third kappa shape index (κ3) is 4.24. The van der Waals surface area contributed by atoms with Crippen LogP contribution in [0.25, 0.3) is 0 Å². The van der Waals surface area contributed by atoms with Crippen LogP contribution in [0.3, 0.4) is 0 Å². The summed E-state index contributed by atoms with van der Waals surface area (Å²) in [5.74, 6) is 0.0359. The molecular formula is C20H29N3O3. The average Bonchev–Trinajstić information content (AvgIpc) is 2.78. The average molecular weight is 359 g/mol. The number of piperidine rings is 1. The second kappa shape index (κ2) is 7.76. The number of anilines is 1. The Hall–Kier alpha value is -1.92. The maximum Gasteiger partial charge on any atom is 0.322 e. The molecule has 6 nitrogen and oxygen atoms in total. The Balaban J connectivity index is 1.58. The lowest BCUT2D eigenvalue weighted by Gasteiger charge is -2.44. The molecule has 2 heterocycles. The van der Waals surface area contributed by atoms with E-state index in [2.05, 4.69) is 16.3 Å². The zero-order chi connectivity index (χ0) is 18.7. The predicted molar refractivity (Wildman–Crippen MR) is 101 cm³/mol. The molecule has 6 heteroatoms. The Morgan fingerprint density at radius 2 is 1.92 bits per heavy atom. The fourth-order valence-corrected chi connectivity index (χ4v) is 3.82. The van der Waals surface area contributed by atoms with E-state index in [9.17, 15) is 9.59 Å². The first-order valence-corrected chi connectivity index (χ1v) is 9.41. The molecule has 142 valence electrons. The van der Waals surface area contributed by atoms with Crippen LogP contribution in [0.4, 0.5) is 10.5 Å². The van der Waals surface area contributed by atoms with E-state index >= 15 is 0 Å². The number of carbonyl (C=O) groups is 2. The number of amides is 2. The number of carbonyl (C=O) groups excluding carboxylic acids is 2. The molecule has 2 amide bonds. The van der Waals surface area contributed by atoms with Gasteiger partial charge in [0.05, 0.1) is 0 Å². The van der Waals surface area contributed by atoms with Crippen molar-refractivity contribution in [2.75, 3.05) is 31.6 Å². The number of Topliss-reactive ketones (excluding diaryl/α,β-unsaturated/α-hetero) is 1. The van der Waals surface area contributed by atoms with Crippen LogP contribution in [-0.2, 0) is 16.0 Å². The van der Waals surface area contributed by atoms with Gasteiger partial charge in [-0.1, -0.05) is 18.2 Å². The van der Waals surface area contributed by atoms with Gasteiger partial charge in [-0.2, -0.15) is 0 Å². The van der Waals surface area contributed by atoms with Gasteiger partial charge in [-0.15, -0.1) is 0 Å². The van der Waals surface area contributed by atoms with Crippen LogP contribution in [0.15, 0.2) is 24.3 Å². The number of hydrogen-bond acceptors (Lipinski definition) is 4. The number of fused-ring (bicyclic) bond motifs is 1. The SMILES string of the molecule is CC(=O)COC(C)(C)N1CCC(N2CCc3ccccc3NC2=O)CC1. The van der Waals surface area contributed by atoms with Gasteiger partial charge in [-0.25, -0.2) is 4.79 Å². The number of hydrogen-bond donors (Lipinski definition) is 1. The number of ketones is 1. The Morgan fingerprint density at radius 3 is 2.62 bits per heavy atom. The molecule has 0 radical (unpaired) electrons. The second-order valence-corrected chi connectivity index (χ2v) is 7.69. The molecule has 2 aliphatic heterocycles. The van der Waals surface area contributed by atoms with E-state index in [1.54, 1.807) is 0 Å². The first-order valence-electron chi connectivity index (χ1n) is 9.41. The van der Waals surface area contributed by atoms with Gasteiger partial charge in [0.2, 0.25) is 0 Å². The van der Waals surface area contributed by atoms with Gasteiger partial charge in [-0.05, 0) is 51.7 Å². The summed E-state index contributed by atoms with van der Waals surface area (Å²) in [4.78, 5) is 28.1. The third-order valence-corrected chi connectivity index (χ3v) is 5.44. The quantitative estimate of drug-likeness (QED) is 0.878. The van der Waals surface area contributed by atoms with Crippen molar-refractivity contribution in [1.82, 2.24) is 9.80 Å². The molecule has 0 unspecified atom stereocenters. The number of para-hydroxylation sites is 1. The smallest absolute Gasteiger partial charge is 0.322 e. The molecular weight excluding hydrogens is 330 g/mol. The van der Waals surface area contributed by atoms with E-state index in [4.69, 9.17) is 4.74 Å². The normalized spacial score (nSPS) is 19.7. The van der Waals surface area contributed by atoms with Gasteiger partial charge in [0.1, 0.15) is 12.3 Å². The Bertz CT molecular complexity index is 666. The van der Waals surface area contributed by atoms with E-state index in [0.29, 0.717) is 0 Å². The zero-order valence-corrected chi connectivity index (χ0v) is 16.0. The monoisotopic (exact) mass is 359 g/mol. The molecule has 0 aliphatic carbocycles. The Kier molecular flexibility index (Phi) is 5.63. The van der Waals surface area contributed by atoms with Crippen molar-refractivity contribution < 1.29 is 14.3 Å². The molecule has 0 spiro atoms. The number of likely N-dealkylation sites (tertiary alicyclic amines) is 1. The number of nitrogens with one attached hydrogen (secondary N) is 1.